The molecule has 0 aliphatic rings. The van der Waals surface area contributed by atoms with Crippen LogP contribution in [0.3, 0.4) is 0 Å². The molecule has 0 saturated heterocycles. The van der Waals surface area contributed by atoms with Crippen LogP contribution in [0.25, 0.3) is 0 Å². The van der Waals surface area contributed by atoms with Crippen LogP contribution in [0.2, 0.25) is 0 Å². The Kier molecular flexibility index (Phi) is 3.82. The first-order chi connectivity index (χ1) is 9.11. The van der Waals surface area contributed by atoms with Crippen molar-refractivity contribution in [3.8, 4) is 0 Å². The number of carbonyl (C=O) groups excluding carboxylic acids is 1. The molecule has 19 heavy (non-hydrogen) atoms. The van der Waals surface area contributed by atoms with Crippen LogP contribution in [0.4, 0.5) is 11.4 Å². The summed E-state index contributed by atoms with van der Waals surface area (Å²) in [5.41, 5.74) is 6.86. The number of rotatable bonds is 3. The highest BCUT2D eigenvalue weighted by molar-refractivity contribution is 6.05. The number of amides is 1. The van der Waals surface area contributed by atoms with Gasteiger partial charge in [-0.1, -0.05) is 18.2 Å². The van der Waals surface area contributed by atoms with Crippen molar-refractivity contribution in [2.45, 2.75) is 13.8 Å². The standard InChI is InChI=1S/C15H17N3O/c1-10-4-3-5-11(2)14(10)17-15(19)12-6-8-13(18-16)9-7-12/h3-9,18H,16H2,1-2H3,(H,17,19). The van der Waals surface area contributed by atoms with Crippen LogP contribution in [0.15, 0.2) is 42.5 Å². The Morgan fingerprint density at radius 3 is 2.11 bits per heavy atom. The minimum atomic E-state index is -0.124. The third-order valence-corrected chi connectivity index (χ3v) is 3.03. The maximum atomic E-state index is 12.2. The maximum absolute atomic E-state index is 12.2. The predicted octanol–water partition coefficient (Wildman–Crippen LogP) is 2.84. The number of aryl methyl sites for hydroxylation is 2. The fourth-order valence-corrected chi connectivity index (χ4v) is 1.92. The Morgan fingerprint density at radius 1 is 1.00 bits per heavy atom. The predicted molar refractivity (Wildman–Crippen MR) is 78.1 cm³/mol. The number of nitrogens with one attached hydrogen (secondary N) is 2. The summed E-state index contributed by atoms with van der Waals surface area (Å²) in [5.74, 6) is 5.16. The number of hydrogen-bond donors (Lipinski definition) is 3. The van der Waals surface area contributed by atoms with Gasteiger partial charge in [-0.05, 0) is 49.2 Å². The van der Waals surface area contributed by atoms with Crippen LogP contribution in [0.1, 0.15) is 21.5 Å². The number of benzene rings is 2. The zero-order valence-electron chi connectivity index (χ0n) is 11.0. The summed E-state index contributed by atoms with van der Waals surface area (Å²) < 4.78 is 0. The molecular weight excluding hydrogens is 238 g/mol. The van der Waals surface area contributed by atoms with Gasteiger partial charge in [0.05, 0.1) is 0 Å². The minimum Gasteiger partial charge on any atom is -0.324 e. The lowest BCUT2D eigenvalue weighted by atomic mass is 10.1. The van der Waals surface area contributed by atoms with Gasteiger partial charge in [0.15, 0.2) is 0 Å². The molecule has 98 valence electrons. The monoisotopic (exact) mass is 255 g/mol. The number of nitrogens with two attached hydrogens (primary N) is 1. The molecule has 2 rings (SSSR count). The van der Waals surface area contributed by atoms with Gasteiger partial charge in [0.2, 0.25) is 0 Å². The summed E-state index contributed by atoms with van der Waals surface area (Å²) in [6.45, 7) is 3.95. The quantitative estimate of drug-likeness (QED) is 0.583. The van der Waals surface area contributed by atoms with Gasteiger partial charge in [-0.25, -0.2) is 0 Å². The number of hydrazine groups is 1. The number of para-hydroxylation sites is 1. The van der Waals surface area contributed by atoms with Crippen molar-refractivity contribution < 1.29 is 4.79 Å². The molecule has 0 aromatic heterocycles. The molecule has 0 spiro atoms. The molecular formula is C15H17N3O. The van der Waals surface area contributed by atoms with Gasteiger partial charge in [0, 0.05) is 16.9 Å². The van der Waals surface area contributed by atoms with E-state index < -0.39 is 0 Å². The molecule has 1 amide bonds. The Balaban J connectivity index is 2.20. The van der Waals surface area contributed by atoms with Crippen molar-refractivity contribution in [2.75, 3.05) is 10.7 Å². The Labute approximate surface area is 112 Å². The molecule has 0 aliphatic heterocycles. The van der Waals surface area contributed by atoms with Gasteiger partial charge in [0.1, 0.15) is 0 Å². The summed E-state index contributed by atoms with van der Waals surface area (Å²) in [6.07, 6.45) is 0. The molecule has 0 fully saturated rings. The lowest BCUT2D eigenvalue weighted by Gasteiger charge is -2.11. The van der Waals surface area contributed by atoms with Crippen LogP contribution >= 0.6 is 0 Å². The summed E-state index contributed by atoms with van der Waals surface area (Å²) in [7, 11) is 0. The van der Waals surface area contributed by atoms with E-state index in [1.54, 1.807) is 24.3 Å². The van der Waals surface area contributed by atoms with Gasteiger partial charge in [-0.3, -0.25) is 10.6 Å². The molecule has 0 atom stereocenters. The lowest BCUT2D eigenvalue weighted by Crippen LogP contribution is -2.14. The molecule has 4 N–H and O–H groups in total. The van der Waals surface area contributed by atoms with Crippen LogP contribution in [0.5, 0.6) is 0 Å². The van der Waals surface area contributed by atoms with E-state index in [4.69, 9.17) is 5.84 Å². The van der Waals surface area contributed by atoms with E-state index in [-0.39, 0.29) is 5.91 Å². The molecule has 0 radical (unpaired) electrons. The molecule has 0 bridgehead atoms. The van der Waals surface area contributed by atoms with E-state index in [0.29, 0.717) is 5.56 Å². The van der Waals surface area contributed by atoms with E-state index in [0.717, 1.165) is 22.5 Å². The van der Waals surface area contributed by atoms with E-state index in [9.17, 15) is 4.79 Å². The van der Waals surface area contributed by atoms with Gasteiger partial charge >= 0.3 is 0 Å². The summed E-state index contributed by atoms with van der Waals surface area (Å²) >= 11 is 0. The van der Waals surface area contributed by atoms with Crippen molar-refractivity contribution in [3.05, 3.63) is 59.2 Å². The fraction of sp³-hybridized carbons (Fsp3) is 0.133. The summed E-state index contributed by atoms with van der Waals surface area (Å²) in [4.78, 5) is 12.2. The Hall–Kier alpha value is -2.33. The fourth-order valence-electron chi connectivity index (χ4n) is 1.92. The molecule has 0 unspecified atom stereocenters. The summed E-state index contributed by atoms with van der Waals surface area (Å²) in [6, 6.07) is 12.9. The van der Waals surface area contributed by atoms with E-state index in [2.05, 4.69) is 10.7 Å². The lowest BCUT2D eigenvalue weighted by molar-refractivity contribution is 0.102. The summed E-state index contributed by atoms with van der Waals surface area (Å²) in [5, 5.41) is 2.94. The molecule has 0 aliphatic carbocycles. The van der Waals surface area contributed by atoms with Gasteiger partial charge in [0.25, 0.3) is 5.91 Å². The van der Waals surface area contributed by atoms with Crippen molar-refractivity contribution in [1.29, 1.82) is 0 Å². The first kappa shape index (κ1) is 13.1. The Bertz CT molecular complexity index is 571. The average molecular weight is 255 g/mol. The van der Waals surface area contributed by atoms with Gasteiger partial charge in [-0.15, -0.1) is 0 Å². The van der Waals surface area contributed by atoms with Crippen LogP contribution in [0, 0.1) is 13.8 Å². The van der Waals surface area contributed by atoms with Crippen LogP contribution in [-0.4, -0.2) is 5.91 Å². The highest BCUT2D eigenvalue weighted by atomic mass is 16.1. The minimum absolute atomic E-state index is 0.124. The third-order valence-electron chi connectivity index (χ3n) is 3.03. The smallest absolute Gasteiger partial charge is 0.255 e. The number of nitrogen functional groups attached to an aromatic ring is 1. The first-order valence-corrected chi connectivity index (χ1v) is 6.06. The maximum Gasteiger partial charge on any atom is 0.255 e. The van der Waals surface area contributed by atoms with Gasteiger partial charge < -0.3 is 10.7 Å². The van der Waals surface area contributed by atoms with Crippen molar-refractivity contribution >= 4 is 17.3 Å². The SMILES string of the molecule is Cc1cccc(C)c1NC(=O)c1ccc(NN)cc1. The van der Waals surface area contributed by atoms with Crippen molar-refractivity contribution in [1.82, 2.24) is 0 Å². The molecule has 0 saturated carbocycles. The normalized spacial score (nSPS) is 10.1. The Morgan fingerprint density at radius 2 is 1.58 bits per heavy atom. The zero-order chi connectivity index (χ0) is 13.8. The zero-order valence-corrected chi connectivity index (χ0v) is 11.0. The number of hydrogen-bond acceptors (Lipinski definition) is 3. The second kappa shape index (κ2) is 5.54. The van der Waals surface area contributed by atoms with E-state index in [1.165, 1.54) is 0 Å². The highest BCUT2D eigenvalue weighted by Gasteiger charge is 2.09. The van der Waals surface area contributed by atoms with E-state index >= 15 is 0 Å². The third kappa shape index (κ3) is 2.92. The van der Waals surface area contributed by atoms with Crippen molar-refractivity contribution in [3.63, 3.8) is 0 Å². The largest absolute Gasteiger partial charge is 0.324 e. The molecule has 4 nitrogen and oxygen atoms in total. The highest BCUT2D eigenvalue weighted by Crippen LogP contribution is 2.20. The first-order valence-electron chi connectivity index (χ1n) is 6.06. The molecule has 2 aromatic carbocycles. The van der Waals surface area contributed by atoms with E-state index in [1.807, 2.05) is 32.0 Å². The molecule has 4 heteroatoms. The molecule has 2 aromatic rings. The number of anilines is 2. The second-order valence-corrected chi connectivity index (χ2v) is 4.44. The average Bonchev–Trinajstić information content (AvgIpc) is 2.43. The van der Waals surface area contributed by atoms with Crippen molar-refractivity contribution in [2.24, 2.45) is 5.84 Å². The van der Waals surface area contributed by atoms with Crippen LogP contribution in [-0.2, 0) is 0 Å². The van der Waals surface area contributed by atoms with Gasteiger partial charge in [-0.2, -0.15) is 0 Å². The topological polar surface area (TPSA) is 67.2 Å². The number of carbonyl (C=O) groups is 1. The van der Waals surface area contributed by atoms with Crippen LogP contribution < -0.4 is 16.6 Å². The second-order valence-electron chi connectivity index (χ2n) is 4.44. The molecule has 0 heterocycles.